The maximum atomic E-state index is 12.9. The summed E-state index contributed by atoms with van der Waals surface area (Å²) < 4.78 is 23.2. The predicted molar refractivity (Wildman–Crippen MR) is 117 cm³/mol. The van der Waals surface area contributed by atoms with Crippen LogP contribution in [0.5, 0.6) is 11.5 Å². The number of halogens is 2. The van der Waals surface area contributed by atoms with Crippen LogP contribution in [0.15, 0.2) is 35.5 Å². The normalized spacial score (nSPS) is 25.7. The predicted octanol–water partition coefficient (Wildman–Crippen LogP) is 2.58. The molecule has 1 aromatic carbocycles. The first kappa shape index (κ1) is 24.5. The average molecular weight is 482 g/mol. The van der Waals surface area contributed by atoms with Gasteiger partial charge in [-0.05, 0) is 18.6 Å². The Hall–Kier alpha value is -3.11. The number of carbonyl (C=O) groups is 2. The summed E-state index contributed by atoms with van der Waals surface area (Å²) in [7, 11) is 0. The van der Waals surface area contributed by atoms with Gasteiger partial charge in [-0.3, -0.25) is 4.79 Å². The molecule has 1 fully saturated rings. The number of oxime groups is 1. The summed E-state index contributed by atoms with van der Waals surface area (Å²) in [5, 5.41) is 26.5. The minimum atomic E-state index is -0.823. The molecule has 0 radical (unpaired) electrons. The van der Waals surface area contributed by atoms with E-state index in [1.165, 1.54) is 0 Å². The summed E-state index contributed by atoms with van der Waals surface area (Å²) in [6, 6.07) is 0.956. The Bertz CT molecular complexity index is 995. The van der Waals surface area contributed by atoms with E-state index in [2.05, 4.69) is 10.5 Å². The lowest BCUT2D eigenvalue weighted by Crippen LogP contribution is -2.28. The molecule has 11 heteroatoms. The standard InChI is InChI=1S/C22H24ClFN2O7/c1-12-8-18-17(33-18)5-3-2-4-13(26-31-11-19(29)25-7-6-24)9-14-20(22(30)32-12)15(27)10-16(28)21(14)23/h2-5,10,12,17-18,27-28H,6-9,11H2,1H3,(H,25,29)/b4-2+,5-3-,26-13+/t12-,17-,18+/m1/s1/i24-1. The Morgan fingerprint density at radius 2 is 2.15 bits per heavy atom. The van der Waals surface area contributed by atoms with Crippen LogP contribution in [0.25, 0.3) is 0 Å². The van der Waals surface area contributed by atoms with Crippen LogP contribution in [0.4, 0.5) is 4.39 Å². The monoisotopic (exact) mass is 481 g/mol. The molecule has 0 aromatic heterocycles. The van der Waals surface area contributed by atoms with E-state index in [4.69, 9.17) is 25.9 Å². The maximum Gasteiger partial charge on any atom is 0.342 e. The molecule has 9 nitrogen and oxygen atoms in total. The number of aromatic hydroxyl groups is 2. The van der Waals surface area contributed by atoms with Gasteiger partial charge in [0.2, 0.25) is 0 Å². The summed E-state index contributed by atoms with van der Waals surface area (Å²) in [5.74, 6) is -2.33. The van der Waals surface area contributed by atoms with Gasteiger partial charge in [-0.2, -0.15) is 0 Å². The van der Waals surface area contributed by atoms with E-state index in [1.54, 1.807) is 25.2 Å². The van der Waals surface area contributed by atoms with Gasteiger partial charge >= 0.3 is 5.97 Å². The number of cyclic esters (lactones) is 1. The Kier molecular flexibility index (Phi) is 8.29. The number of hydrogen-bond donors (Lipinski definition) is 3. The molecule has 0 saturated carbocycles. The first-order chi connectivity index (χ1) is 15.8. The molecule has 2 aliphatic rings. The number of allylic oxidation sites excluding steroid dienone is 3. The Morgan fingerprint density at radius 1 is 1.36 bits per heavy atom. The number of hydrogen-bond acceptors (Lipinski definition) is 8. The van der Waals surface area contributed by atoms with Gasteiger partial charge in [0.1, 0.15) is 35.9 Å². The maximum absolute atomic E-state index is 12.9. The largest absolute Gasteiger partial charge is 0.507 e. The number of amides is 1. The molecule has 178 valence electrons. The highest BCUT2D eigenvalue weighted by Gasteiger charge is 2.38. The van der Waals surface area contributed by atoms with Gasteiger partial charge in [-0.25, -0.2) is 9.18 Å². The lowest BCUT2D eigenvalue weighted by molar-refractivity contribution is -0.125. The van der Waals surface area contributed by atoms with Crippen LogP contribution in [0.2, 0.25) is 5.02 Å². The van der Waals surface area contributed by atoms with Crippen LogP contribution >= 0.6 is 11.6 Å². The molecule has 3 rings (SSSR count). The highest BCUT2D eigenvalue weighted by atomic mass is 35.5. The number of phenols is 2. The highest BCUT2D eigenvalue weighted by molar-refractivity contribution is 6.33. The number of epoxide rings is 1. The third-order valence-corrected chi connectivity index (χ3v) is 5.29. The van der Waals surface area contributed by atoms with Crippen molar-refractivity contribution >= 4 is 29.2 Å². The number of nitrogens with one attached hydrogen (secondary N) is 1. The molecule has 2 heterocycles. The summed E-state index contributed by atoms with van der Waals surface area (Å²) in [6.45, 7) is 0.392. The van der Waals surface area contributed by atoms with Gasteiger partial charge in [-0.1, -0.05) is 35.0 Å². The minimum absolute atomic E-state index is 0.0711. The SMILES string of the molecule is C[C@@H]1C[C@@H]2O[C@@H]2\C=C/C=C/C(=N\OCC(=O)NCC[18F])Cc2c(Cl)c(O)cc(O)c2C(=O)O1. The van der Waals surface area contributed by atoms with Crippen LogP contribution in [-0.4, -0.2) is 65.9 Å². The van der Waals surface area contributed by atoms with E-state index < -0.39 is 42.8 Å². The minimum Gasteiger partial charge on any atom is -0.507 e. The van der Waals surface area contributed by atoms with E-state index in [0.717, 1.165) is 6.07 Å². The third-order valence-electron chi connectivity index (χ3n) is 4.87. The lowest BCUT2D eigenvalue weighted by Gasteiger charge is -2.17. The van der Waals surface area contributed by atoms with Crippen molar-refractivity contribution in [2.75, 3.05) is 19.8 Å². The molecule has 1 amide bonds. The highest BCUT2D eigenvalue weighted by Crippen LogP contribution is 2.38. The molecule has 1 aromatic rings. The molecule has 2 aliphatic heterocycles. The number of rotatable bonds is 5. The fourth-order valence-electron chi connectivity index (χ4n) is 3.26. The lowest BCUT2D eigenvalue weighted by atomic mass is 9.99. The molecule has 0 bridgehead atoms. The van der Waals surface area contributed by atoms with Crippen molar-refractivity contribution in [2.24, 2.45) is 5.16 Å². The number of phenolic OH excluding ortho intramolecular Hbond substituents is 2. The molecule has 1 saturated heterocycles. The van der Waals surface area contributed by atoms with E-state index in [1.807, 2.05) is 6.08 Å². The van der Waals surface area contributed by atoms with Crippen molar-refractivity contribution in [2.45, 2.75) is 38.1 Å². The topological polar surface area (TPSA) is 130 Å². The molecule has 0 unspecified atom stereocenters. The number of benzene rings is 1. The summed E-state index contributed by atoms with van der Waals surface area (Å²) in [4.78, 5) is 29.5. The van der Waals surface area contributed by atoms with Crippen LogP contribution in [0.1, 0.15) is 29.3 Å². The second kappa shape index (κ2) is 11.2. The van der Waals surface area contributed by atoms with Crippen molar-refractivity contribution in [3.05, 3.63) is 46.5 Å². The molecule has 0 spiro atoms. The molecular weight excluding hydrogens is 458 g/mol. The van der Waals surface area contributed by atoms with Crippen LogP contribution in [0.3, 0.4) is 0 Å². The molecule has 3 atom stereocenters. The second-order valence-electron chi connectivity index (χ2n) is 7.49. The first-order valence-electron chi connectivity index (χ1n) is 10.3. The van der Waals surface area contributed by atoms with Gasteiger partial charge in [0.25, 0.3) is 5.91 Å². The van der Waals surface area contributed by atoms with E-state index in [0.29, 0.717) is 6.42 Å². The number of carbonyl (C=O) groups excluding carboxylic acids is 2. The average Bonchev–Trinajstić information content (AvgIpc) is 3.49. The smallest absolute Gasteiger partial charge is 0.342 e. The second-order valence-corrected chi connectivity index (χ2v) is 7.87. The molecule has 33 heavy (non-hydrogen) atoms. The first-order valence-corrected chi connectivity index (χ1v) is 10.6. The zero-order valence-electron chi connectivity index (χ0n) is 17.8. The van der Waals surface area contributed by atoms with Gasteiger partial charge in [0.05, 0.1) is 16.8 Å². The van der Waals surface area contributed by atoms with E-state index >= 15 is 0 Å². The number of esters is 1. The van der Waals surface area contributed by atoms with Gasteiger partial charge in [0.15, 0.2) is 6.61 Å². The number of nitrogens with zero attached hydrogens (tertiary/aromatic N) is 1. The van der Waals surface area contributed by atoms with Crippen LogP contribution in [-0.2, 0) is 25.5 Å². The molecular formula is C22H24ClFN2O7. The molecule has 3 N–H and O–H groups in total. The Morgan fingerprint density at radius 3 is 2.91 bits per heavy atom. The summed E-state index contributed by atoms with van der Waals surface area (Å²) >= 11 is 6.25. The van der Waals surface area contributed by atoms with Crippen LogP contribution in [0, 0.1) is 0 Å². The number of fused-ring (bicyclic) bond motifs is 2. The van der Waals surface area contributed by atoms with Crippen molar-refractivity contribution in [1.82, 2.24) is 5.32 Å². The van der Waals surface area contributed by atoms with Crippen molar-refractivity contribution in [3.63, 3.8) is 0 Å². The third kappa shape index (κ3) is 6.69. The van der Waals surface area contributed by atoms with Gasteiger partial charge in [0, 0.05) is 25.5 Å². The summed E-state index contributed by atoms with van der Waals surface area (Å²) in [5.41, 5.74) is 0.0754. The molecule has 0 aliphatic carbocycles. The van der Waals surface area contributed by atoms with Crippen molar-refractivity contribution in [3.8, 4) is 11.5 Å². The fourth-order valence-corrected chi connectivity index (χ4v) is 3.48. The Labute approximate surface area is 194 Å². The fraction of sp³-hybridized carbons (Fsp3) is 0.409. The van der Waals surface area contributed by atoms with Gasteiger partial charge in [-0.15, -0.1) is 0 Å². The van der Waals surface area contributed by atoms with Gasteiger partial charge < -0.3 is 29.8 Å². The zero-order valence-corrected chi connectivity index (χ0v) is 18.5. The number of alkyl halides is 1. The zero-order chi connectivity index (χ0) is 24.0. The summed E-state index contributed by atoms with van der Waals surface area (Å²) in [6.07, 6.45) is 6.41. The quantitative estimate of drug-likeness (QED) is 0.335. The van der Waals surface area contributed by atoms with Crippen molar-refractivity contribution in [1.29, 1.82) is 0 Å². The Balaban J connectivity index is 1.93. The van der Waals surface area contributed by atoms with E-state index in [-0.39, 0.29) is 47.0 Å². The van der Waals surface area contributed by atoms with E-state index in [9.17, 15) is 24.2 Å². The van der Waals surface area contributed by atoms with Crippen LogP contribution < -0.4 is 5.32 Å². The number of ether oxygens (including phenoxy) is 2. The van der Waals surface area contributed by atoms with Crippen molar-refractivity contribution < 1.29 is 38.5 Å².